The van der Waals surface area contributed by atoms with Crippen LogP contribution in [0, 0.1) is 5.92 Å². The summed E-state index contributed by atoms with van der Waals surface area (Å²) in [5.74, 6) is 0.211. The number of hydrogen-bond donors (Lipinski definition) is 1. The molecule has 2 heterocycles. The van der Waals surface area contributed by atoms with Crippen LogP contribution >= 0.6 is 0 Å². The summed E-state index contributed by atoms with van der Waals surface area (Å²) in [4.78, 5) is 35.9. The Labute approximate surface area is 130 Å². The van der Waals surface area contributed by atoms with E-state index in [0.717, 1.165) is 6.42 Å². The van der Waals surface area contributed by atoms with Gasteiger partial charge >= 0.3 is 11.8 Å². The molecule has 0 radical (unpaired) electrons. The molecule has 1 aromatic heterocycles. The smallest absolute Gasteiger partial charge is 0.312 e. The second-order valence-electron chi connectivity index (χ2n) is 5.77. The van der Waals surface area contributed by atoms with Crippen molar-refractivity contribution < 1.29 is 9.59 Å². The van der Waals surface area contributed by atoms with Crippen LogP contribution in [0.3, 0.4) is 0 Å². The maximum Gasteiger partial charge on any atom is 0.312 e. The summed E-state index contributed by atoms with van der Waals surface area (Å²) in [6.07, 6.45) is 4.27. The van der Waals surface area contributed by atoms with Crippen molar-refractivity contribution in [2.75, 3.05) is 37.6 Å². The summed E-state index contributed by atoms with van der Waals surface area (Å²) >= 11 is 0. The van der Waals surface area contributed by atoms with Gasteiger partial charge in [0.25, 0.3) is 0 Å². The Morgan fingerprint density at radius 2 is 1.82 bits per heavy atom. The highest BCUT2D eigenvalue weighted by Gasteiger charge is 2.26. The fourth-order valence-corrected chi connectivity index (χ4v) is 2.26. The molecule has 22 heavy (non-hydrogen) atoms. The quantitative estimate of drug-likeness (QED) is 0.809. The zero-order valence-electron chi connectivity index (χ0n) is 13.2. The van der Waals surface area contributed by atoms with Crippen molar-refractivity contribution in [2.24, 2.45) is 5.92 Å². The Balaban J connectivity index is 1.78. The highest BCUT2D eigenvalue weighted by atomic mass is 16.2. The topological polar surface area (TPSA) is 78.4 Å². The maximum atomic E-state index is 12.1. The van der Waals surface area contributed by atoms with E-state index in [1.165, 1.54) is 0 Å². The van der Waals surface area contributed by atoms with E-state index in [4.69, 9.17) is 0 Å². The minimum Gasteiger partial charge on any atom is -0.348 e. The molecule has 1 saturated heterocycles. The molecule has 7 heteroatoms. The minimum absolute atomic E-state index is 0.447. The lowest BCUT2D eigenvalue weighted by molar-refractivity contribution is -0.146. The molecule has 1 aromatic rings. The second kappa shape index (κ2) is 7.72. The van der Waals surface area contributed by atoms with E-state index in [9.17, 15) is 9.59 Å². The van der Waals surface area contributed by atoms with Crippen molar-refractivity contribution in [1.29, 1.82) is 0 Å². The van der Waals surface area contributed by atoms with Gasteiger partial charge in [-0.15, -0.1) is 0 Å². The zero-order valence-corrected chi connectivity index (χ0v) is 13.2. The van der Waals surface area contributed by atoms with E-state index in [2.05, 4.69) is 29.1 Å². The van der Waals surface area contributed by atoms with Gasteiger partial charge in [-0.3, -0.25) is 9.59 Å². The molecule has 2 rings (SSSR count). The first-order valence-corrected chi connectivity index (χ1v) is 7.67. The third-order valence-corrected chi connectivity index (χ3v) is 3.60. The van der Waals surface area contributed by atoms with Crippen LogP contribution in [0.5, 0.6) is 0 Å². The monoisotopic (exact) mass is 305 g/mol. The van der Waals surface area contributed by atoms with Crippen LogP contribution in [-0.4, -0.2) is 59.4 Å². The van der Waals surface area contributed by atoms with E-state index in [-0.39, 0.29) is 0 Å². The number of carbonyl (C=O) groups excluding carboxylic acids is 2. The van der Waals surface area contributed by atoms with Gasteiger partial charge in [-0.05, 0) is 18.4 Å². The molecule has 0 saturated carbocycles. The molecule has 0 spiro atoms. The van der Waals surface area contributed by atoms with Crippen LogP contribution < -0.4 is 10.2 Å². The first-order valence-electron chi connectivity index (χ1n) is 7.67. The number of carbonyl (C=O) groups is 2. The lowest BCUT2D eigenvalue weighted by Gasteiger charge is -2.34. The van der Waals surface area contributed by atoms with Gasteiger partial charge in [-0.2, -0.15) is 0 Å². The molecule has 1 aliphatic heterocycles. The number of aromatic nitrogens is 2. The average molecular weight is 305 g/mol. The molecule has 7 nitrogen and oxygen atoms in total. The van der Waals surface area contributed by atoms with Gasteiger partial charge in [0.05, 0.1) is 0 Å². The Morgan fingerprint density at radius 3 is 2.41 bits per heavy atom. The van der Waals surface area contributed by atoms with Gasteiger partial charge < -0.3 is 15.1 Å². The normalized spacial score (nSPS) is 15.0. The molecule has 0 aliphatic carbocycles. The van der Waals surface area contributed by atoms with Crippen LogP contribution in [-0.2, 0) is 9.59 Å². The molecule has 120 valence electrons. The summed E-state index contributed by atoms with van der Waals surface area (Å²) in [6, 6.07) is 1.77. The van der Waals surface area contributed by atoms with Crippen molar-refractivity contribution in [3.63, 3.8) is 0 Å². The summed E-state index contributed by atoms with van der Waals surface area (Å²) in [6.45, 7) is 6.99. The standard InChI is InChI=1S/C15H23N5O2/c1-12(2)4-7-16-13(21)14(22)19-8-10-20(11-9-19)15-17-5-3-6-18-15/h3,5-6,12H,4,7-11H2,1-2H3,(H,16,21). The third kappa shape index (κ3) is 4.41. The summed E-state index contributed by atoms with van der Waals surface area (Å²) in [5, 5.41) is 2.69. The van der Waals surface area contributed by atoms with Crippen LogP contribution in [0.4, 0.5) is 5.95 Å². The lowest BCUT2D eigenvalue weighted by atomic mass is 10.1. The van der Waals surface area contributed by atoms with E-state index in [1.807, 2.05) is 4.90 Å². The maximum absolute atomic E-state index is 12.1. The number of amides is 2. The highest BCUT2D eigenvalue weighted by Crippen LogP contribution is 2.09. The van der Waals surface area contributed by atoms with Crippen LogP contribution in [0.1, 0.15) is 20.3 Å². The molecule has 0 atom stereocenters. The SMILES string of the molecule is CC(C)CCNC(=O)C(=O)N1CCN(c2ncccn2)CC1. The molecule has 0 aromatic carbocycles. The van der Waals surface area contributed by atoms with Gasteiger partial charge in [-0.1, -0.05) is 13.8 Å². The Morgan fingerprint density at radius 1 is 1.18 bits per heavy atom. The Kier molecular flexibility index (Phi) is 5.68. The first kappa shape index (κ1) is 16.2. The Hall–Kier alpha value is -2.18. The van der Waals surface area contributed by atoms with Gasteiger partial charge in [0.2, 0.25) is 5.95 Å². The number of hydrogen-bond acceptors (Lipinski definition) is 5. The van der Waals surface area contributed by atoms with Crippen molar-refractivity contribution in [3.8, 4) is 0 Å². The Bertz CT molecular complexity index is 498. The van der Waals surface area contributed by atoms with Crippen molar-refractivity contribution in [2.45, 2.75) is 20.3 Å². The average Bonchev–Trinajstić information content (AvgIpc) is 2.54. The number of piperazine rings is 1. The van der Waals surface area contributed by atoms with Crippen LogP contribution in [0.2, 0.25) is 0 Å². The van der Waals surface area contributed by atoms with Crippen molar-refractivity contribution in [3.05, 3.63) is 18.5 Å². The number of anilines is 1. The lowest BCUT2D eigenvalue weighted by Crippen LogP contribution is -2.53. The van der Waals surface area contributed by atoms with Crippen LogP contribution in [0.15, 0.2) is 18.5 Å². The molecule has 1 N–H and O–H groups in total. The molecular formula is C15H23N5O2. The molecular weight excluding hydrogens is 282 g/mol. The van der Waals surface area contributed by atoms with E-state index in [1.54, 1.807) is 23.4 Å². The summed E-state index contributed by atoms with van der Waals surface area (Å²) < 4.78 is 0. The van der Waals surface area contributed by atoms with E-state index >= 15 is 0 Å². The minimum atomic E-state index is -0.509. The summed E-state index contributed by atoms with van der Waals surface area (Å²) in [7, 11) is 0. The fraction of sp³-hybridized carbons (Fsp3) is 0.600. The van der Waals surface area contributed by atoms with Gasteiger partial charge in [0.15, 0.2) is 0 Å². The van der Waals surface area contributed by atoms with E-state index in [0.29, 0.717) is 44.6 Å². The highest BCUT2D eigenvalue weighted by molar-refractivity contribution is 6.35. The van der Waals surface area contributed by atoms with Gasteiger partial charge in [0.1, 0.15) is 0 Å². The number of nitrogens with zero attached hydrogens (tertiary/aromatic N) is 4. The second-order valence-corrected chi connectivity index (χ2v) is 5.77. The van der Waals surface area contributed by atoms with Gasteiger partial charge in [-0.25, -0.2) is 9.97 Å². The molecule has 1 aliphatic rings. The molecule has 1 fully saturated rings. The number of rotatable bonds is 4. The fourth-order valence-electron chi connectivity index (χ4n) is 2.26. The van der Waals surface area contributed by atoms with E-state index < -0.39 is 11.8 Å². The molecule has 0 unspecified atom stereocenters. The van der Waals surface area contributed by atoms with Crippen molar-refractivity contribution >= 4 is 17.8 Å². The first-order chi connectivity index (χ1) is 10.6. The van der Waals surface area contributed by atoms with Crippen molar-refractivity contribution in [1.82, 2.24) is 20.2 Å². The van der Waals surface area contributed by atoms with Crippen LogP contribution in [0.25, 0.3) is 0 Å². The molecule has 0 bridgehead atoms. The third-order valence-electron chi connectivity index (χ3n) is 3.60. The van der Waals surface area contributed by atoms with Gasteiger partial charge in [0, 0.05) is 45.1 Å². The predicted octanol–water partition coefficient (Wildman–Crippen LogP) is 0.288. The number of nitrogens with one attached hydrogen (secondary N) is 1. The molecule has 2 amide bonds. The zero-order chi connectivity index (χ0) is 15.9. The largest absolute Gasteiger partial charge is 0.348 e. The predicted molar refractivity (Wildman–Crippen MR) is 83.3 cm³/mol. The summed E-state index contributed by atoms with van der Waals surface area (Å²) in [5.41, 5.74) is 0.